The SMILES string of the molecule is c1cnn(CC2CN(CC3CCCC3)CCO2)c1. The Morgan fingerprint density at radius 3 is 2.89 bits per heavy atom. The molecule has 1 aliphatic heterocycles. The largest absolute Gasteiger partial charge is 0.374 e. The van der Waals surface area contributed by atoms with Gasteiger partial charge in [0.05, 0.1) is 19.3 Å². The minimum atomic E-state index is 0.306. The second kappa shape index (κ2) is 5.85. The summed E-state index contributed by atoms with van der Waals surface area (Å²) in [5, 5.41) is 4.26. The number of nitrogens with zero attached hydrogens (tertiary/aromatic N) is 3. The first-order chi connectivity index (χ1) is 8.90. The summed E-state index contributed by atoms with van der Waals surface area (Å²) < 4.78 is 7.82. The molecule has 0 spiro atoms. The smallest absolute Gasteiger partial charge is 0.0898 e. The third kappa shape index (κ3) is 3.12. The van der Waals surface area contributed by atoms with Gasteiger partial charge in [0.1, 0.15) is 0 Å². The molecule has 1 atom stereocenters. The van der Waals surface area contributed by atoms with E-state index in [1.165, 1.54) is 32.2 Å². The zero-order chi connectivity index (χ0) is 12.2. The molecule has 0 N–H and O–H groups in total. The van der Waals surface area contributed by atoms with Crippen LogP contribution in [0.2, 0.25) is 0 Å². The Labute approximate surface area is 109 Å². The Morgan fingerprint density at radius 2 is 2.11 bits per heavy atom. The molecule has 1 aliphatic carbocycles. The maximum atomic E-state index is 5.84. The molecule has 1 aromatic rings. The van der Waals surface area contributed by atoms with Crippen LogP contribution in [0, 0.1) is 5.92 Å². The molecule has 2 heterocycles. The van der Waals surface area contributed by atoms with Crippen LogP contribution in [0.5, 0.6) is 0 Å². The van der Waals surface area contributed by atoms with Gasteiger partial charge in [0, 0.05) is 32.0 Å². The van der Waals surface area contributed by atoms with Crippen molar-refractivity contribution in [3.8, 4) is 0 Å². The molecule has 1 aromatic heterocycles. The van der Waals surface area contributed by atoms with Crippen molar-refractivity contribution in [1.29, 1.82) is 0 Å². The molecule has 1 unspecified atom stereocenters. The van der Waals surface area contributed by atoms with Crippen LogP contribution in [0.25, 0.3) is 0 Å². The van der Waals surface area contributed by atoms with Gasteiger partial charge in [0.15, 0.2) is 0 Å². The quantitative estimate of drug-likeness (QED) is 0.815. The Balaban J connectivity index is 1.48. The van der Waals surface area contributed by atoms with E-state index in [0.29, 0.717) is 6.10 Å². The number of hydrogen-bond donors (Lipinski definition) is 0. The van der Waals surface area contributed by atoms with E-state index >= 15 is 0 Å². The monoisotopic (exact) mass is 249 g/mol. The van der Waals surface area contributed by atoms with E-state index in [1.807, 2.05) is 23.1 Å². The predicted molar refractivity (Wildman–Crippen MR) is 70.4 cm³/mol. The van der Waals surface area contributed by atoms with Crippen molar-refractivity contribution in [3.63, 3.8) is 0 Å². The maximum Gasteiger partial charge on any atom is 0.0898 e. The Kier molecular flexibility index (Phi) is 3.96. The van der Waals surface area contributed by atoms with Gasteiger partial charge in [-0.1, -0.05) is 12.8 Å². The first kappa shape index (κ1) is 12.2. The fraction of sp³-hybridized carbons (Fsp3) is 0.786. The van der Waals surface area contributed by atoms with Crippen molar-refractivity contribution in [2.45, 2.75) is 38.3 Å². The highest BCUT2D eigenvalue weighted by Crippen LogP contribution is 2.26. The van der Waals surface area contributed by atoms with Gasteiger partial charge in [0.2, 0.25) is 0 Å². The molecule has 0 amide bonds. The molecular formula is C14H23N3O. The lowest BCUT2D eigenvalue weighted by molar-refractivity contribution is -0.0413. The molecule has 1 saturated carbocycles. The second-order valence-corrected chi connectivity index (χ2v) is 5.63. The van der Waals surface area contributed by atoms with Crippen molar-refractivity contribution >= 4 is 0 Å². The summed E-state index contributed by atoms with van der Waals surface area (Å²) in [4.78, 5) is 2.59. The van der Waals surface area contributed by atoms with Crippen LogP contribution in [0.4, 0.5) is 0 Å². The molecule has 2 aliphatic rings. The number of ether oxygens (including phenoxy) is 1. The second-order valence-electron chi connectivity index (χ2n) is 5.63. The zero-order valence-corrected chi connectivity index (χ0v) is 11.0. The van der Waals surface area contributed by atoms with Crippen LogP contribution in [-0.4, -0.2) is 47.0 Å². The zero-order valence-electron chi connectivity index (χ0n) is 11.0. The molecule has 4 heteroatoms. The number of rotatable bonds is 4. The van der Waals surface area contributed by atoms with Gasteiger partial charge in [-0.15, -0.1) is 0 Å². The highest BCUT2D eigenvalue weighted by atomic mass is 16.5. The van der Waals surface area contributed by atoms with Crippen LogP contribution < -0.4 is 0 Å². The number of morpholine rings is 1. The molecule has 0 bridgehead atoms. The van der Waals surface area contributed by atoms with Gasteiger partial charge in [-0.05, 0) is 24.8 Å². The van der Waals surface area contributed by atoms with E-state index in [4.69, 9.17) is 4.74 Å². The summed E-state index contributed by atoms with van der Waals surface area (Å²) in [6.45, 7) is 5.20. The fourth-order valence-corrected chi connectivity index (χ4v) is 3.23. The molecule has 3 rings (SSSR count). The van der Waals surface area contributed by atoms with Crippen LogP contribution in [-0.2, 0) is 11.3 Å². The van der Waals surface area contributed by atoms with Crippen molar-refractivity contribution in [1.82, 2.24) is 14.7 Å². The lowest BCUT2D eigenvalue weighted by Crippen LogP contribution is -2.45. The molecule has 1 saturated heterocycles. The number of hydrogen-bond acceptors (Lipinski definition) is 3. The fourth-order valence-electron chi connectivity index (χ4n) is 3.23. The minimum Gasteiger partial charge on any atom is -0.374 e. The van der Waals surface area contributed by atoms with E-state index in [1.54, 1.807) is 0 Å². The van der Waals surface area contributed by atoms with Crippen molar-refractivity contribution in [3.05, 3.63) is 18.5 Å². The standard InChI is InChI=1S/C14H23N3O/c1-2-5-13(4-1)10-16-8-9-18-14(11-16)12-17-7-3-6-15-17/h3,6-7,13-14H,1-2,4-5,8-12H2. The lowest BCUT2D eigenvalue weighted by Gasteiger charge is -2.34. The van der Waals surface area contributed by atoms with Crippen LogP contribution >= 0.6 is 0 Å². The maximum absolute atomic E-state index is 5.84. The third-order valence-corrected chi connectivity index (χ3v) is 4.16. The summed E-state index contributed by atoms with van der Waals surface area (Å²) in [6.07, 6.45) is 9.89. The normalized spacial score (nSPS) is 26.8. The van der Waals surface area contributed by atoms with Gasteiger partial charge < -0.3 is 4.74 Å². The Bertz CT molecular complexity index is 346. The molecule has 0 aromatic carbocycles. The molecule has 18 heavy (non-hydrogen) atoms. The summed E-state index contributed by atoms with van der Waals surface area (Å²) in [7, 11) is 0. The van der Waals surface area contributed by atoms with Gasteiger partial charge in [0.25, 0.3) is 0 Å². The highest BCUT2D eigenvalue weighted by Gasteiger charge is 2.24. The first-order valence-electron chi connectivity index (χ1n) is 7.21. The highest BCUT2D eigenvalue weighted by molar-refractivity contribution is 4.81. The molecule has 0 radical (unpaired) electrons. The van der Waals surface area contributed by atoms with Crippen LogP contribution in [0.3, 0.4) is 0 Å². The van der Waals surface area contributed by atoms with Gasteiger partial charge in [-0.2, -0.15) is 5.10 Å². The van der Waals surface area contributed by atoms with E-state index in [9.17, 15) is 0 Å². The average Bonchev–Trinajstić information content (AvgIpc) is 3.03. The van der Waals surface area contributed by atoms with Gasteiger partial charge in [-0.25, -0.2) is 0 Å². The number of aromatic nitrogens is 2. The summed E-state index contributed by atoms with van der Waals surface area (Å²) in [5.74, 6) is 0.938. The predicted octanol–water partition coefficient (Wildman–Crippen LogP) is 1.77. The Hall–Kier alpha value is -0.870. The summed E-state index contributed by atoms with van der Waals surface area (Å²) in [6, 6.07) is 1.97. The molecule has 100 valence electrons. The van der Waals surface area contributed by atoms with E-state index in [2.05, 4.69) is 10.00 Å². The van der Waals surface area contributed by atoms with Crippen molar-refractivity contribution < 1.29 is 4.74 Å². The van der Waals surface area contributed by atoms with Crippen LogP contribution in [0.15, 0.2) is 18.5 Å². The molecular weight excluding hydrogens is 226 g/mol. The van der Waals surface area contributed by atoms with Gasteiger partial charge >= 0.3 is 0 Å². The molecule has 4 nitrogen and oxygen atoms in total. The van der Waals surface area contributed by atoms with E-state index < -0.39 is 0 Å². The third-order valence-electron chi connectivity index (χ3n) is 4.16. The summed E-state index contributed by atoms with van der Waals surface area (Å²) >= 11 is 0. The minimum absolute atomic E-state index is 0.306. The first-order valence-corrected chi connectivity index (χ1v) is 7.21. The topological polar surface area (TPSA) is 30.3 Å². The molecule has 2 fully saturated rings. The lowest BCUT2D eigenvalue weighted by atomic mass is 10.1. The van der Waals surface area contributed by atoms with E-state index in [0.717, 1.165) is 32.2 Å². The summed E-state index contributed by atoms with van der Waals surface area (Å²) in [5.41, 5.74) is 0. The van der Waals surface area contributed by atoms with Gasteiger partial charge in [-0.3, -0.25) is 9.58 Å². The Morgan fingerprint density at radius 1 is 1.22 bits per heavy atom. The van der Waals surface area contributed by atoms with Crippen molar-refractivity contribution in [2.24, 2.45) is 5.92 Å². The van der Waals surface area contributed by atoms with Crippen LogP contribution in [0.1, 0.15) is 25.7 Å². The van der Waals surface area contributed by atoms with Crippen molar-refractivity contribution in [2.75, 3.05) is 26.2 Å². The average molecular weight is 249 g/mol. The van der Waals surface area contributed by atoms with E-state index in [-0.39, 0.29) is 0 Å².